The second kappa shape index (κ2) is 7.82. The van der Waals surface area contributed by atoms with E-state index in [0.29, 0.717) is 21.6 Å². The van der Waals surface area contributed by atoms with Gasteiger partial charge in [-0.25, -0.2) is 0 Å². The van der Waals surface area contributed by atoms with E-state index in [0.717, 1.165) is 20.1 Å². The molecule has 2 aromatic carbocycles. The quantitative estimate of drug-likeness (QED) is 0.473. The molecule has 1 fully saturated rings. The molecule has 1 aliphatic heterocycles. The van der Waals surface area contributed by atoms with Crippen LogP contribution in [-0.2, 0) is 11.4 Å². The molecule has 1 heterocycles. The largest absolute Gasteiger partial charge is 0.488 e. The van der Waals surface area contributed by atoms with Gasteiger partial charge >= 0.3 is 0 Å². The van der Waals surface area contributed by atoms with Gasteiger partial charge in [0.25, 0.3) is 5.91 Å². The number of halogens is 2. The maximum absolute atomic E-state index is 11.9. The van der Waals surface area contributed by atoms with Crippen LogP contribution in [0.5, 0.6) is 5.75 Å². The lowest BCUT2D eigenvalue weighted by molar-refractivity contribution is -0.115. The number of carbonyl (C=O) groups is 1. The summed E-state index contributed by atoms with van der Waals surface area (Å²) in [6.07, 6.45) is 1.79. The SMILES string of the molecule is O=C1NC(=S)S/C1=C\c1cc(Br)ccc1OCc1cccc(Br)c1. The third-order valence-corrected chi connectivity index (χ3v) is 5.33. The van der Waals surface area contributed by atoms with Gasteiger partial charge in [-0.1, -0.05) is 68.0 Å². The Bertz CT molecular complexity index is 852. The van der Waals surface area contributed by atoms with Gasteiger partial charge in [-0.15, -0.1) is 0 Å². The Morgan fingerprint density at radius 2 is 1.96 bits per heavy atom. The Balaban J connectivity index is 1.84. The van der Waals surface area contributed by atoms with Crippen molar-refractivity contribution < 1.29 is 9.53 Å². The molecule has 0 unspecified atom stereocenters. The molecule has 24 heavy (non-hydrogen) atoms. The molecule has 0 radical (unpaired) electrons. The smallest absolute Gasteiger partial charge is 0.263 e. The first-order valence-corrected chi connectivity index (χ1v) is 9.74. The number of amides is 1. The van der Waals surface area contributed by atoms with Gasteiger partial charge in [-0.3, -0.25) is 4.79 Å². The maximum atomic E-state index is 11.9. The fourth-order valence-corrected chi connectivity index (χ4v) is 3.97. The molecule has 0 aliphatic carbocycles. The minimum Gasteiger partial charge on any atom is -0.488 e. The van der Waals surface area contributed by atoms with E-state index in [1.54, 1.807) is 6.08 Å². The van der Waals surface area contributed by atoms with E-state index < -0.39 is 0 Å². The predicted octanol–water partition coefficient (Wildman–Crippen LogP) is 5.28. The van der Waals surface area contributed by atoms with Gasteiger partial charge < -0.3 is 10.1 Å². The van der Waals surface area contributed by atoms with Gasteiger partial charge in [0.15, 0.2) is 0 Å². The van der Waals surface area contributed by atoms with Crippen molar-refractivity contribution in [2.45, 2.75) is 6.61 Å². The van der Waals surface area contributed by atoms with Crippen molar-refractivity contribution in [3.05, 3.63) is 67.4 Å². The molecule has 3 rings (SSSR count). The third-order valence-electron chi connectivity index (χ3n) is 3.18. The predicted molar refractivity (Wildman–Crippen MR) is 109 cm³/mol. The lowest BCUT2D eigenvalue weighted by atomic mass is 10.2. The molecular weight excluding hydrogens is 474 g/mol. The number of nitrogens with one attached hydrogen (secondary N) is 1. The Kier molecular flexibility index (Phi) is 5.76. The van der Waals surface area contributed by atoms with Crippen molar-refractivity contribution in [1.29, 1.82) is 0 Å². The molecule has 0 atom stereocenters. The fraction of sp³-hybridized carbons (Fsp3) is 0.0588. The van der Waals surface area contributed by atoms with E-state index in [1.807, 2.05) is 42.5 Å². The zero-order chi connectivity index (χ0) is 17.1. The molecule has 2 aromatic rings. The van der Waals surface area contributed by atoms with Crippen LogP contribution in [0.25, 0.3) is 6.08 Å². The minimum atomic E-state index is -0.178. The van der Waals surface area contributed by atoms with E-state index in [1.165, 1.54) is 11.8 Å². The van der Waals surface area contributed by atoms with Crippen LogP contribution in [0.3, 0.4) is 0 Å². The highest BCUT2D eigenvalue weighted by Crippen LogP contribution is 2.31. The average molecular weight is 485 g/mol. The lowest BCUT2D eigenvalue weighted by Crippen LogP contribution is -2.17. The summed E-state index contributed by atoms with van der Waals surface area (Å²) in [5.41, 5.74) is 1.88. The van der Waals surface area contributed by atoms with Crippen molar-refractivity contribution in [2.24, 2.45) is 0 Å². The van der Waals surface area contributed by atoms with Crippen molar-refractivity contribution in [1.82, 2.24) is 5.32 Å². The molecule has 7 heteroatoms. The first kappa shape index (κ1) is 17.7. The highest BCUT2D eigenvalue weighted by Gasteiger charge is 2.22. The van der Waals surface area contributed by atoms with Gasteiger partial charge in [0.1, 0.15) is 16.7 Å². The van der Waals surface area contributed by atoms with Crippen LogP contribution in [0, 0.1) is 0 Å². The summed E-state index contributed by atoms with van der Waals surface area (Å²) < 4.78 is 8.34. The Morgan fingerprint density at radius 3 is 2.67 bits per heavy atom. The number of carbonyl (C=O) groups excluding carboxylic acids is 1. The zero-order valence-corrected chi connectivity index (χ0v) is 17.0. The molecule has 1 saturated heterocycles. The number of benzene rings is 2. The summed E-state index contributed by atoms with van der Waals surface area (Å²) in [5, 5.41) is 2.61. The minimum absolute atomic E-state index is 0.178. The molecule has 0 spiro atoms. The highest BCUT2D eigenvalue weighted by atomic mass is 79.9. The van der Waals surface area contributed by atoms with Gasteiger partial charge in [-0.2, -0.15) is 0 Å². The molecule has 1 aliphatic rings. The number of thiocarbonyl (C=S) groups is 1. The summed E-state index contributed by atoms with van der Waals surface area (Å²) in [5.74, 6) is 0.528. The molecule has 0 saturated carbocycles. The second-order valence-electron chi connectivity index (χ2n) is 4.95. The van der Waals surface area contributed by atoms with E-state index >= 15 is 0 Å². The number of rotatable bonds is 4. The van der Waals surface area contributed by atoms with E-state index in [4.69, 9.17) is 17.0 Å². The van der Waals surface area contributed by atoms with Crippen LogP contribution >= 0.6 is 55.8 Å². The van der Waals surface area contributed by atoms with Crippen LogP contribution in [0.2, 0.25) is 0 Å². The van der Waals surface area contributed by atoms with Gasteiger partial charge in [0.2, 0.25) is 0 Å². The van der Waals surface area contributed by atoms with Crippen LogP contribution in [0.4, 0.5) is 0 Å². The van der Waals surface area contributed by atoms with Crippen molar-refractivity contribution in [3.63, 3.8) is 0 Å². The van der Waals surface area contributed by atoms with Crippen LogP contribution in [0.15, 0.2) is 56.3 Å². The Labute approximate surface area is 166 Å². The summed E-state index contributed by atoms with van der Waals surface area (Å²) >= 11 is 13.2. The number of thioether (sulfide) groups is 1. The fourth-order valence-electron chi connectivity index (χ4n) is 2.11. The van der Waals surface area contributed by atoms with E-state index in [-0.39, 0.29) is 5.91 Å². The van der Waals surface area contributed by atoms with Crippen molar-refractivity contribution in [2.75, 3.05) is 0 Å². The van der Waals surface area contributed by atoms with Crippen molar-refractivity contribution in [3.8, 4) is 5.75 Å². The zero-order valence-electron chi connectivity index (χ0n) is 12.2. The summed E-state index contributed by atoms with van der Waals surface area (Å²) in [6, 6.07) is 13.6. The average Bonchev–Trinajstić information content (AvgIpc) is 2.84. The number of ether oxygens (including phenoxy) is 1. The molecular formula is C17H11Br2NO2S2. The van der Waals surface area contributed by atoms with Crippen LogP contribution in [0.1, 0.15) is 11.1 Å². The Hall–Kier alpha value is -1.15. The monoisotopic (exact) mass is 483 g/mol. The molecule has 0 aromatic heterocycles. The van der Waals surface area contributed by atoms with E-state index in [9.17, 15) is 4.79 Å². The molecule has 1 N–H and O–H groups in total. The van der Waals surface area contributed by atoms with E-state index in [2.05, 4.69) is 37.2 Å². The number of hydrogen-bond acceptors (Lipinski definition) is 4. The lowest BCUT2D eigenvalue weighted by Gasteiger charge is -2.10. The van der Waals surface area contributed by atoms with Crippen molar-refractivity contribution >= 4 is 72.1 Å². The highest BCUT2D eigenvalue weighted by molar-refractivity contribution is 9.10. The van der Waals surface area contributed by atoms with Crippen LogP contribution in [-0.4, -0.2) is 10.2 Å². The summed E-state index contributed by atoms with van der Waals surface area (Å²) in [7, 11) is 0. The molecule has 1 amide bonds. The second-order valence-corrected chi connectivity index (χ2v) is 8.50. The van der Waals surface area contributed by atoms with Gasteiger partial charge in [0.05, 0.1) is 4.91 Å². The third kappa shape index (κ3) is 4.47. The normalized spacial score (nSPS) is 15.7. The standard InChI is InChI=1S/C17H11Br2NO2S2/c18-12-3-1-2-10(6-12)9-22-14-5-4-13(19)7-11(14)8-15-16(21)20-17(23)24-15/h1-8H,9H2,(H,20,21,23)/b15-8-. The number of hydrogen-bond donors (Lipinski definition) is 1. The summed E-state index contributed by atoms with van der Waals surface area (Å²) in [6.45, 7) is 0.439. The first-order valence-electron chi connectivity index (χ1n) is 6.93. The topological polar surface area (TPSA) is 38.3 Å². The Morgan fingerprint density at radius 1 is 1.17 bits per heavy atom. The molecule has 0 bridgehead atoms. The van der Waals surface area contributed by atoms with Gasteiger partial charge in [-0.05, 0) is 42.0 Å². The van der Waals surface area contributed by atoms with Crippen LogP contribution < -0.4 is 10.1 Å². The molecule has 3 nitrogen and oxygen atoms in total. The summed E-state index contributed by atoms with van der Waals surface area (Å²) in [4.78, 5) is 12.4. The maximum Gasteiger partial charge on any atom is 0.263 e. The first-order chi connectivity index (χ1) is 11.5. The van der Waals surface area contributed by atoms with Gasteiger partial charge in [0, 0.05) is 14.5 Å². The molecule has 122 valence electrons.